The van der Waals surface area contributed by atoms with E-state index >= 15 is 0 Å². The van der Waals surface area contributed by atoms with Gasteiger partial charge < -0.3 is 10.4 Å². The largest absolute Gasteiger partial charge is 0.506 e. The number of nitrogens with one attached hydrogen (secondary N) is 1. The molecule has 25 heavy (non-hydrogen) atoms. The van der Waals surface area contributed by atoms with Crippen LogP contribution in [0.25, 0.3) is 15.9 Å². The van der Waals surface area contributed by atoms with Crippen molar-refractivity contribution in [2.24, 2.45) is 0 Å². The van der Waals surface area contributed by atoms with Gasteiger partial charge in [0.1, 0.15) is 11.3 Å². The molecule has 0 fully saturated rings. The zero-order valence-electron chi connectivity index (χ0n) is 13.1. The molecule has 1 atom stereocenters. The van der Waals surface area contributed by atoms with E-state index in [1.54, 1.807) is 23.5 Å². The number of imidazole rings is 1. The first kappa shape index (κ1) is 14.4. The van der Waals surface area contributed by atoms with Crippen molar-refractivity contribution in [3.8, 4) is 5.75 Å². The van der Waals surface area contributed by atoms with Crippen LogP contribution in [0.4, 0.5) is 0 Å². The van der Waals surface area contributed by atoms with Crippen molar-refractivity contribution in [2.45, 2.75) is 18.9 Å². The quantitative estimate of drug-likeness (QED) is 0.553. The Morgan fingerprint density at radius 1 is 1.24 bits per heavy atom. The van der Waals surface area contributed by atoms with E-state index in [-0.39, 0.29) is 17.6 Å². The van der Waals surface area contributed by atoms with Crippen molar-refractivity contribution < 1.29 is 9.90 Å². The zero-order chi connectivity index (χ0) is 17.0. The molecule has 1 aromatic carbocycles. The van der Waals surface area contributed by atoms with Crippen LogP contribution in [-0.4, -0.2) is 25.4 Å². The smallest absolute Gasteiger partial charge is 0.221 e. The van der Waals surface area contributed by atoms with Gasteiger partial charge in [0.05, 0.1) is 29.5 Å². The molecule has 1 aliphatic rings. The Labute approximate surface area is 146 Å². The maximum absolute atomic E-state index is 12.2. The Bertz CT molecular complexity index is 1130. The fraction of sp³-hybridized carbons (Fsp3) is 0.167. The average Bonchev–Trinajstić information content (AvgIpc) is 3.15. The number of thiazole rings is 1. The molecule has 4 heterocycles. The lowest BCUT2D eigenvalue weighted by Gasteiger charge is -2.15. The summed E-state index contributed by atoms with van der Waals surface area (Å²) in [5, 5.41) is 15.9. The topological polar surface area (TPSA) is 79.5 Å². The van der Waals surface area contributed by atoms with E-state index in [2.05, 4.69) is 15.3 Å². The monoisotopic (exact) mass is 350 g/mol. The minimum atomic E-state index is -0.203. The number of aromatic hydroxyl groups is 1. The van der Waals surface area contributed by atoms with Crippen LogP contribution in [0.1, 0.15) is 29.4 Å². The second-order valence-electron chi connectivity index (χ2n) is 6.12. The molecule has 1 aliphatic heterocycles. The molecule has 7 heteroatoms. The third kappa shape index (κ3) is 2.20. The Hall–Kier alpha value is -2.93. The van der Waals surface area contributed by atoms with Gasteiger partial charge in [-0.1, -0.05) is 18.2 Å². The van der Waals surface area contributed by atoms with E-state index < -0.39 is 0 Å². The average molecular weight is 350 g/mol. The van der Waals surface area contributed by atoms with Crippen molar-refractivity contribution in [3.63, 3.8) is 0 Å². The molecule has 0 saturated heterocycles. The summed E-state index contributed by atoms with van der Waals surface area (Å²) in [7, 11) is 0. The van der Waals surface area contributed by atoms with Crippen molar-refractivity contribution >= 4 is 33.1 Å². The molecule has 0 saturated carbocycles. The van der Waals surface area contributed by atoms with Gasteiger partial charge in [-0.15, -0.1) is 11.3 Å². The van der Waals surface area contributed by atoms with E-state index in [1.165, 1.54) is 0 Å². The number of phenols is 1. The van der Waals surface area contributed by atoms with Crippen LogP contribution >= 0.6 is 11.3 Å². The molecule has 2 N–H and O–H groups in total. The molecule has 1 amide bonds. The number of hydrogen-bond donors (Lipinski definition) is 2. The number of rotatable bonds is 1. The lowest BCUT2D eigenvalue weighted by molar-refractivity contribution is -0.121. The predicted molar refractivity (Wildman–Crippen MR) is 94.8 cm³/mol. The number of nitrogens with zero attached hydrogens (tertiary/aromatic N) is 3. The first-order valence-electron chi connectivity index (χ1n) is 8.00. The van der Waals surface area contributed by atoms with Crippen LogP contribution in [0.15, 0.2) is 41.9 Å². The van der Waals surface area contributed by atoms with Gasteiger partial charge in [-0.05, 0) is 12.1 Å². The Balaban J connectivity index is 1.74. The molecule has 6 nitrogen and oxygen atoms in total. The van der Waals surface area contributed by atoms with E-state index in [0.29, 0.717) is 18.5 Å². The molecule has 3 aromatic heterocycles. The van der Waals surface area contributed by atoms with Gasteiger partial charge in [0.2, 0.25) is 5.91 Å². The number of carbonyl (C=O) groups excluding carboxylic acids is 1. The van der Waals surface area contributed by atoms with Gasteiger partial charge in [0.15, 0.2) is 4.96 Å². The number of fused-ring (bicyclic) bond motifs is 4. The summed E-state index contributed by atoms with van der Waals surface area (Å²) in [6.45, 7) is 0.428. The fourth-order valence-corrected chi connectivity index (χ4v) is 4.21. The molecule has 0 spiro atoms. The second kappa shape index (κ2) is 5.29. The number of pyridine rings is 1. The number of carbonyl (C=O) groups is 1. The van der Waals surface area contributed by atoms with Gasteiger partial charge in [0, 0.05) is 23.4 Å². The van der Waals surface area contributed by atoms with E-state index in [9.17, 15) is 9.90 Å². The normalized spacial score (nSPS) is 17.4. The van der Waals surface area contributed by atoms with E-state index in [4.69, 9.17) is 0 Å². The number of amides is 1. The fourth-order valence-electron chi connectivity index (χ4n) is 3.47. The molecular formula is C18H14N4O2S. The van der Waals surface area contributed by atoms with Crippen LogP contribution in [-0.2, 0) is 11.3 Å². The molecule has 5 rings (SSSR count). The molecular weight excluding hydrogens is 336 g/mol. The van der Waals surface area contributed by atoms with Crippen LogP contribution in [0.3, 0.4) is 0 Å². The Kier molecular flexibility index (Phi) is 3.05. The SMILES string of the molecule is O=C1CC(c2ccc3cccc(O)c3n2)c2c(nc3sccn23)CN1. The highest BCUT2D eigenvalue weighted by Crippen LogP contribution is 2.35. The zero-order valence-corrected chi connectivity index (χ0v) is 14.0. The number of aromatic nitrogens is 3. The molecule has 0 aliphatic carbocycles. The van der Waals surface area contributed by atoms with Crippen molar-refractivity contribution in [1.29, 1.82) is 0 Å². The lowest BCUT2D eigenvalue weighted by Crippen LogP contribution is -2.21. The maximum Gasteiger partial charge on any atom is 0.221 e. The van der Waals surface area contributed by atoms with Crippen molar-refractivity contribution in [2.75, 3.05) is 0 Å². The van der Waals surface area contributed by atoms with Crippen LogP contribution in [0.2, 0.25) is 0 Å². The summed E-state index contributed by atoms with van der Waals surface area (Å²) in [6, 6.07) is 9.20. The van der Waals surface area contributed by atoms with Gasteiger partial charge in [-0.2, -0.15) is 0 Å². The Morgan fingerprint density at radius 2 is 2.16 bits per heavy atom. The standard InChI is InChI=1S/C18H14N4O2S/c23-14-3-1-2-10-4-5-12(20-16(10)14)11-8-15(24)19-9-13-17(11)22-6-7-25-18(22)21-13/h1-7,11,23H,8-9H2,(H,19,24). The number of hydrogen-bond acceptors (Lipinski definition) is 5. The van der Waals surface area contributed by atoms with Gasteiger partial charge >= 0.3 is 0 Å². The highest BCUT2D eigenvalue weighted by Gasteiger charge is 2.30. The third-order valence-electron chi connectivity index (χ3n) is 4.63. The Morgan fingerprint density at radius 3 is 3.08 bits per heavy atom. The van der Waals surface area contributed by atoms with Crippen LogP contribution in [0.5, 0.6) is 5.75 Å². The summed E-state index contributed by atoms with van der Waals surface area (Å²) >= 11 is 1.57. The van der Waals surface area contributed by atoms with Gasteiger partial charge in [-0.25, -0.2) is 9.97 Å². The number of benzene rings is 1. The minimum Gasteiger partial charge on any atom is -0.506 e. The summed E-state index contributed by atoms with van der Waals surface area (Å²) < 4.78 is 2.04. The van der Waals surface area contributed by atoms with Gasteiger partial charge in [0.25, 0.3) is 0 Å². The molecule has 0 bridgehead atoms. The first-order valence-corrected chi connectivity index (χ1v) is 8.88. The molecule has 124 valence electrons. The van der Waals surface area contributed by atoms with E-state index in [1.807, 2.05) is 34.2 Å². The summed E-state index contributed by atoms with van der Waals surface area (Å²) in [5.74, 6) is -0.0797. The minimum absolute atomic E-state index is 0.0221. The van der Waals surface area contributed by atoms with Crippen LogP contribution < -0.4 is 5.32 Å². The highest BCUT2D eigenvalue weighted by molar-refractivity contribution is 7.15. The maximum atomic E-state index is 12.2. The molecule has 4 aromatic rings. The second-order valence-corrected chi connectivity index (χ2v) is 6.99. The van der Waals surface area contributed by atoms with E-state index in [0.717, 1.165) is 27.4 Å². The predicted octanol–water partition coefficient (Wildman–Crippen LogP) is 2.80. The highest BCUT2D eigenvalue weighted by atomic mass is 32.1. The van der Waals surface area contributed by atoms with Gasteiger partial charge in [-0.3, -0.25) is 9.20 Å². The summed E-state index contributed by atoms with van der Waals surface area (Å²) in [4.78, 5) is 22.5. The van der Waals surface area contributed by atoms with Crippen molar-refractivity contribution in [3.05, 3.63) is 59.0 Å². The number of para-hydroxylation sites is 1. The first-order chi connectivity index (χ1) is 12.2. The molecule has 1 unspecified atom stereocenters. The summed E-state index contributed by atoms with van der Waals surface area (Å²) in [5.41, 5.74) is 3.19. The number of phenolic OH excluding ortho intramolecular Hbond substituents is 1. The van der Waals surface area contributed by atoms with Crippen LogP contribution in [0, 0.1) is 0 Å². The summed E-state index contributed by atoms with van der Waals surface area (Å²) in [6.07, 6.45) is 2.29. The van der Waals surface area contributed by atoms with Crippen molar-refractivity contribution in [1.82, 2.24) is 19.7 Å². The third-order valence-corrected chi connectivity index (χ3v) is 5.38. The molecule has 0 radical (unpaired) electrons. The lowest BCUT2D eigenvalue weighted by atomic mass is 9.95.